The number of rotatable bonds is 6. The largest absolute Gasteiger partial charge is 0.486 e. The van der Waals surface area contributed by atoms with Gasteiger partial charge >= 0.3 is 0 Å². The molecule has 0 unspecified atom stereocenters. The van der Waals surface area contributed by atoms with E-state index in [9.17, 15) is 9.59 Å². The number of fused-ring (bicyclic) bond motifs is 3. The second-order valence-electron chi connectivity index (χ2n) is 10.2. The summed E-state index contributed by atoms with van der Waals surface area (Å²) in [7, 11) is 0. The molecule has 0 spiro atoms. The molecule has 2 bridgehead atoms. The first kappa shape index (κ1) is 22.4. The number of carbonyl (C=O) groups is 1. The molecular formula is C25H30BrN3O4. The third-order valence-corrected chi connectivity index (χ3v) is 8.78. The van der Waals surface area contributed by atoms with Crippen LogP contribution in [0, 0.1) is 23.2 Å². The molecule has 0 amide bonds. The molecule has 3 fully saturated rings. The van der Waals surface area contributed by atoms with Crippen molar-refractivity contribution in [3.05, 3.63) is 44.8 Å². The van der Waals surface area contributed by atoms with Crippen molar-refractivity contribution >= 4 is 27.4 Å². The lowest BCUT2D eigenvalue weighted by atomic mass is 9.45. The van der Waals surface area contributed by atoms with E-state index in [2.05, 4.69) is 47.1 Å². The average molecular weight is 516 g/mol. The lowest BCUT2D eigenvalue weighted by Crippen LogP contribution is -2.58. The van der Waals surface area contributed by atoms with Crippen molar-refractivity contribution in [3.8, 4) is 11.5 Å². The van der Waals surface area contributed by atoms with Crippen LogP contribution in [-0.2, 0) is 17.8 Å². The van der Waals surface area contributed by atoms with Crippen LogP contribution in [0.5, 0.6) is 11.5 Å². The first-order valence-electron chi connectivity index (χ1n) is 11.7. The van der Waals surface area contributed by atoms with Crippen LogP contribution in [0.1, 0.15) is 39.2 Å². The van der Waals surface area contributed by atoms with Gasteiger partial charge < -0.3 is 14.8 Å². The standard InChI is InChI=1S/C25H30BrN3O4/c1-14-18-10-16(25(18,2)3)11-19(14)28-20-12-27-29(24(31)23(20)26)13-17(30)8-15-4-5-21-22(9-15)33-7-6-32-21/h4-5,9,12,14,16,18-19,28H,6-8,10-11,13H2,1-3H3/t14-,16-,18+,19-/m1/s1. The lowest BCUT2D eigenvalue weighted by molar-refractivity contribution is -0.119. The molecule has 7 nitrogen and oxygen atoms in total. The van der Waals surface area contributed by atoms with Gasteiger partial charge in [-0.15, -0.1) is 0 Å². The summed E-state index contributed by atoms with van der Waals surface area (Å²) in [6.07, 6.45) is 4.26. The van der Waals surface area contributed by atoms with Crippen LogP contribution in [0.2, 0.25) is 0 Å². The maximum Gasteiger partial charge on any atom is 0.283 e. The molecule has 1 aliphatic heterocycles. The van der Waals surface area contributed by atoms with Crippen LogP contribution in [0.25, 0.3) is 0 Å². The molecule has 1 aromatic heterocycles. The Morgan fingerprint density at radius 3 is 2.73 bits per heavy atom. The topological polar surface area (TPSA) is 82.5 Å². The smallest absolute Gasteiger partial charge is 0.283 e. The van der Waals surface area contributed by atoms with Crippen molar-refractivity contribution < 1.29 is 14.3 Å². The predicted octanol–water partition coefficient (Wildman–Crippen LogP) is 4.07. The fourth-order valence-electron chi connectivity index (χ4n) is 5.87. The predicted molar refractivity (Wildman–Crippen MR) is 129 cm³/mol. The van der Waals surface area contributed by atoms with E-state index in [1.807, 2.05) is 18.2 Å². The van der Waals surface area contributed by atoms with Gasteiger partial charge in [0.1, 0.15) is 24.2 Å². The highest BCUT2D eigenvalue weighted by atomic mass is 79.9. The van der Waals surface area contributed by atoms with E-state index >= 15 is 0 Å². The van der Waals surface area contributed by atoms with Crippen molar-refractivity contribution in [2.75, 3.05) is 18.5 Å². The highest BCUT2D eigenvalue weighted by Gasteiger charge is 2.56. The number of benzene rings is 1. The van der Waals surface area contributed by atoms with Crippen LogP contribution < -0.4 is 20.3 Å². The molecule has 2 aromatic rings. The quantitative estimate of drug-likeness (QED) is 0.624. The highest BCUT2D eigenvalue weighted by Crippen LogP contribution is 2.61. The highest BCUT2D eigenvalue weighted by molar-refractivity contribution is 9.10. The summed E-state index contributed by atoms with van der Waals surface area (Å²) in [6.45, 7) is 8.00. The minimum Gasteiger partial charge on any atom is -0.486 e. The Hall–Kier alpha value is -2.35. The number of nitrogens with zero attached hydrogens (tertiary/aromatic N) is 2. The Kier molecular flexibility index (Phi) is 5.75. The first-order valence-corrected chi connectivity index (χ1v) is 12.5. The summed E-state index contributed by atoms with van der Waals surface area (Å²) >= 11 is 3.45. The molecule has 1 aromatic carbocycles. The summed E-state index contributed by atoms with van der Waals surface area (Å²) < 4.78 is 12.8. The second kappa shape index (κ2) is 8.46. The zero-order valence-corrected chi connectivity index (χ0v) is 20.9. The number of halogens is 1. The minimum absolute atomic E-state index is 0.0790. The number of carbonyl (C=O) groups excluding carboxylic acids is 1. The Morgan fingerprint density at radius 2 is 2.00 bits per heavy atom. The molecule has 2 heterocycles. The van der Waals surface area contributed by atoms with Gasteiger partial charge in [-0.3, -0.25) is 9.59 Å². The third kappa shape index (κ3) is 4.07. The van der Waals surface area contributed by atoms with E-state index in [-0.39, 0.29) is 24.3 Å². The molecular weight excluding hydrogens is 486 g/mol. The molecule has 4 atom stereocenters. The van der Waals surface area contributed by atoms with Crippen LogP contribution in [0.15, 0.2) is 33.7 Å². The zero-order valence-electron chi connectivity index (χ0n) is 19.3. The summed E-state index contributed by atoms with van der Waals surface area (Å²) in [4.78, 5) is 25.6. The molecule has 1 N–H and O–H groups in total. The van der Waals surface area contributed by atoms with E-state index in [4.69, 9.17) is 9.47 Å². The maximum atomic E-state index is 12.9. The van der Waals surface area contributed by atoms with Gasteiger partial charge in [-0.05, 0) is 69.6 Å². The normalized spacial score (nSPS) is 26.9. The number of anilines is 1. The summed E-state index contributed by atoms with van der Waals surface area (Å²) in [5, 5.41) is 7.84. The molecule has 3 saturated carbocycles. The molecule has 33 heavy (non-hydrogen) atoms. The van der Waals surface area contributed by atoms with Crippen molar-refractivity contribution in [1.82, 2.24) is 9.78 Å². The van der Waals surface area contributed by atoms with Gasteiger partial charge in [0.15, 0.2) is 17.3 Å². The monoisotopic (exact) mass is 515 g/mol. The fraction of sp³-hybridized carbons (Fsp3) is 0.560. The van der Waals surface area contributed by atoms with E-state index in [1.54, 1.807) is 6.20 Å². The van der Waals surface area contributed by atoms with Gasteiger partial charge in [-0.2, -0.15) is 5.10 Å². The van der Waals surface area contributed by atoms with Gasteiger partial charge in [0.25, 0.3) is 5.56 Å². The van der Waals surface area contributed by atoms with Crippen molar-refractivity contribution in [2.45, 2.75) is 52.6 Å². The molecule has 0 saturated heterocycles. The number of aromatic nitrogens is 2. The molecule has 4 aliphatic rings. The van der Waals surface area contributed by atoms with Crippen LogP contribution in [-0.4, -0.2) is 34.8 Å². The Balaban J connectivity index is 1.24. The zero-order chi connectivity index (χ0) is 23.3. The first-order chi connectivity index (χ1) is 15.7. The van der Waals surface area contributed by atoms with Gasteiger partial charge in [0.2, 0.25) is 0 Å². The number of nitrogens with one attached hydrogen (secondary N) is 1. The molecule has 176 valence electrons. The Bertz CT molecular complexity index is 1140. The number of ether oxygens (including phenoxy) is 2. The lowest BCUT2D eigenvalue weighted by Gasteiger charge is -2.62. The number of Topliss-reactive ketones (excluding diaryl/α,β-unsaturated/α-hetero) is 1. The molecule has 8 heteroatoms. The maximum absolute atomic E-state index is 12.9. The summed E-state index contributed by atoms with van der Waals surface area (Å²) in [5.41, 5.74) is 1.63. The van der Waals surface area contributed by atoms with E-state index in [0.29, 0.717) is 58.2 Å². The van der Waals surface area contributed by atoms with Gasteiger partial charge in [-0.1, -0.05) is 26.8 Å². The third-order valence-electron chi connectivity index (χ3n) is 8.01. The van der Waals surface area contributed by atoms with Crippen molar-refractivity contribution in [3.63, 3.8) is 0 Å². The van der Waals surface area contributed by atoms with Crippen molar-refractivity contribution in [2.24, 2.45) is 23.2 Å². The number of hydrogen-bond acceptors (Lipinski definition) is 6. The second-order valence-corrected chi connectivity index (χ2v) is 11.0. The van der Waals surface area contributed by atoms with Gasteiger partial charge in [0, 0.05) is 12.5 Å². The minimum atomic E-state index is -0.301. The molecule has 6 rings (SSSR count). The van der Waals surface area contributed by atoms with E-state index in [0.717, 1.165) is 17.9 Å². The van der Waals surface area contributed by atoms with Crippen molar-refractivity contribution in [1.29, 1.82) is 0 Å². The van der Waals surface area contributed by atoms with E-state index in [1.165, 1.54) is 11.1 Å². The molecule has 0 radical (unpaired) electrons. The SMILES string of the molecule is C[C@H]1[C@H](Nc2cnn(CC(=O)Cc3ccc4c(c3)OCCO4)c(=O)c2Br)C[C@H]2C[C@@H]1C2(C)C. The Labute approximate surface area is 202 Å². The van der Waals surface area contributed by atoms with Crippen LogP contribution in [0.3, 0.4) is 0 Å². The summed E-state index contributed by atoms with van der Waals surface area (Å²) in [6, 6.07) is 5.81. The number of hydrogen-bond donors (Lipinski definition) is 1. The van der Waals surface area contributed by atoms with Crippen LogP contribution in [0.4, 0.5) is 5.69 Å². The van der Waals surface area contributed by atoms with Gasteiger partial charge in [-0.25, -0.2) is 4.68 Å². The van der Waals surface area contributed by atoms with Gasteiger partial charge in [0.05, 0.1) is 11.9 Å². The average Bonchev–Trinajstić information content (AvgIpc) is 2.79. The van der Waals surface area contributed by atoms with E-state index < -0.39 is 0 Å². The summed E-state index contributed by atoms with van der Waals surface area (Å²) in [5.74, 6) is 3.21. The number of ketones is 1. The van der Waals surface area contributed by atoms with Crippen LogP contribution >= 0.6 is 15.9 Å². The molecule has 3 aliphatic carbocycles. The Morgan fingerprint density at radius 1 is 1.24 bits per heavy atom. The fourth-order valence-corrected chi connectivity index (χ4v) is 6.29.